The van der Waals surface area contributed by atoms with E-state index >= 15 is 0 Å². The van der Waals surface area contributed by atoms with Crippen LogP contribution in [0.4, 0.5) is 15.8 Å². The summed E-state index contributed by atoms with van der Waals surface area (Å²) in [5.41, 5.74) is 2.48. The first-order valence-electron chi connectivity index (χ1n) is 11.2. The first kappa shape index (κ1) is 25.7. The minimum atomic E-state index is -0.448. The molecule has 0 aliphatic heterocycles. The van der Waals surface area contributed by atoms with Crippen molar-refractivity contribution in [3.8, 4) is 11.4 Å². The van der Waals surface area contributed by atoms with Crippen molar-refractivity contribution in [2.24, 2.45) is 0 Å². The lowest BCUT2D eigenvalue weighted by molar-refractivity contribution is -0.113. The van der Waals surface area contributed by atoms with Crippen molar-refractivity contribution >= 4 is 35.0 Å². The second-order valence-corrected chi connectivity index (χ2v) is 8.64. The minimum absolute atomic E-state index is 0.0818. The molecular formula is C26H24FN5O4S. The molecule has 0 saturated heterocycles. The summed E-state index contributed by atoms with van der Waals surface area (Å²) in [5, 5.41) is 15.1. The van der Waals surface area contributed by atoms with Gasteiger partial charge in [-0.2, -0.15) is 0 Å². The van der Waals surface area contributed by atoms with Crippen LogP contribution in [0.25, 0.3) is 5.69 Å². The molecule has 0 saturated carbocycles. The van der Waals surface area contributed by atoms with Crippen molar-refractivity contribution in [1.29, 1.82) is 0 Å². The molecule has 9 nitrogen and oxygen atoms in total. The van der Waals surface area contributed by atoms with Gasteiger partial charge in [0.1, 0.15) is 11.6 Å². The van der Waals surface area contributed by atoms with E-state index in [0.29, 0.717) is 34.5 Å². The zero-order valence-electron chi connectivity index (χ0n) is 20.1. The smallest absolute Gasteiger partial charge is 0.337 e. The molecule has 0 unspecified atom stereocenters. The van der Waals surface area contributed by atoms with Crippen LogP contribution in [0.3, 0.4) is 0 Å². The number of carbonyl (C=O) groups excluding carboxylic acids is 2. The van der Waals surface area contributed by atoms with Crippen molar-refractivity contribution < 1.29 is 23.5 Å². The summed E-state index contributed by atoms with van der Waals surface area (Å²) >= 11 is 1.23. The van der Waals surface area contributed by atoms with Gasteiger partial charge in [-0.05, 0) is 72.8 Å². The second kappa shape index (κ2) is 12.0. The number of ether oxygens (including phenoxy) is 2. The SMILES string of the molecule is COC(=O)c1ccc(NC(=O)CSc2nnc(CNc3ccc(F)cc3)n2-c2ccc(OC)cc2)cc1. The van der Waals surface area contributed by atoms with Gasteiger partial charge in [0.25, 0.3) is 0 Å². The maximum atomic E-state index is 13.2. The number of aromatic nitrogens is 3. The normalized spacial score (nSPS) is 10.6. The number of methoxy groups -OCH3 is 2. The van der Waals surface area contributed by atoms with E-state index in [1.165, 1.54) is 31.0 Å². The van der Waals surface area contributed by atoms with E-state index in [1.807, 2.05) is 28.8 Å². The molecule has 1 amide bonds. The lowest BCUT2D eigenvalue weighted by Crippen LogP contribution is -2.15. The molecule has 0 fully saturated rings. The predicted molar refractivity (Wildman–Crippen MR) is 139 cm³/mol. The molecule has 2 N–H and O–H groups in total. The molecule has 0 aliphatic carbocycles. The van der Waals surface area contributed by atoms with E-state index in [9.17, 15) is 14.0 Å². The highest BCUT2D eigenvalue weighted by atomic mass is 32.2. The van der Waals surface area contributed by atoms with Crippen LogP contribution in [0.2, 0.25) is 0 Å². The van der Waals surface area contributed by atoms with E-state index in [-0.39, 0.29) is 17.5 Å². The molecule has 1 aromatic heterocycles. The van der Waals surface area contributed by atoms with Gasteiger partial charge in [-0.15, -0.1) is 10.2 Å². The molecule has 190 valence electrons. The number of rotatable bonds is 10. The average Bonchev–Trinajstić information content (AvgIpc) is 3.34. The van der Waals surface area contributed by atoms with Crippen LogP contribution in [0.1, 0.15) is 16.2 Å². The standard InChI is InChI=1S/C26H24FN5O4S/c1-35-22-13-11-21(12-14-22)32-23(15-28-19-9-5-18(27)6-10-19)30-31-26(32)37-16-24(33)29-20-7-3-17(4-8-20)25(34)36-2/h3-14,28H,15-16H2,1-2H3,(H,29,33). The molecule has 1 heterocycles. The Kier molecular flexibility index (Phi) is 8.37. The number of carbonyl (C=O) groups is 2. The van der Waals surface area contributed by atoms with E-state index in [4.69, 9.17) is 4.74 Å². The van der Waals surface area contributed by atoms with Crippen molar-refractivity contribution in [2.75, 3.05) is 30.6 Å². The third-order valence-electron chi connectivity index (χ3n) is 5.25. The van der Waals surface area contributed by atoms with Crippen LogP contribution >= 0.6 is 11.8 Å². The number of nitrogens with one attached hydrogen (secondary N) is 2. The number of hydrogen-bond donors (Lipinski definition) is 2. The number of hydrogen-bond acceptors (Lipinski definition) is 8. The number of esters is 1. The Balaban J connectivity index is 1.47. The minimum Gasteiger partial charge on any atom is -0.497 e. The second-order valence-electron chi connectivity index (χ2n) is 7.70. The van der Waals surface area contributed by atoms with Crippen LogP contribution in [0, 0.1) is 5.82 Å². The zero-order chi connectivity index (χ0) is 26.2. The van der Waals surface area contributed by atoms with Gasteiger partial charge in [-0.1, -0.05) is 11.8 Å². The van der Waals surface area contributed by atoms with Gasteiger partial charge in [0, 0.05) is 17.1 Å². The lowest BCUT2D eigenvalue weighted by Gasteiger charge is -2.12. The highest BCUT2D eigenvalue weighted by Crippen LogP contribution is 2.25. The van der Waals surface area contributed by atoms with Crippen LogP contribution in [-0.2, 0) is 16.1 Å². The fourth-order valence-electron chi connectivity index (χ4n) is 3.38. The summed E-state index contributed by atoms with van der Waals surface area (Å²) in [6.45, 7) is 0.323. The summed E-state index contributed by atoms with van der Waals surface area (Å²) in [7, 11) is 2.90. The van der Waals surface area contributed by atoms with Gasteiger partial charge >= 0.3 is 5.97 Å². The van der Waals surface area contributed by atoms with Gasteiger partial charge in [0.2, 0.25) is 5.91 Å². The van der Waals surface area contributed by atoms with Crippen molar-refractivity contribution in [3.05, 3.63) is 90.0 Å². The Hall–Kier alpha value is -4.38. The average molecular weight is 522 g/mol. The van der Waals surface area contributed by atoms with Crippen LogP contribution < -0.4 is 15.4 Å². The summed E-state index contributed by atoms with van der Waals surface area (Å²) < 4.78 is 25.0. The highest BCUT2D eigenvalue weighted by Gasteiger charge is 2.16. The van der Waals surface area contributed by atoms with Crippen molar-refractivity contribution in [3.63, 3.8) is 0 Å². The highest BCUT2D eigenvalue weighted by molar-refractivity contribution is 7.99. The Morgan fingerprint density at radius 2 is 1.59 bits per heavy atom. The maximum absolute atomic E-state index is 13.2. The lowest BCUT2D eigenvalue weighted by atomic mass is 10.2. The van der Waals surface area contributed by atoms with Crippen molar-refractivity contribution in [2.45, 2.75) is 11.7 Å². The quantitative estimate of drug-likeness (QED) is 0.231. The molecule has 4 aromatic rings. The molecular weight excluding hydrogens is 497 g/mol. The maximum Gasteiger partial charge on any atom is 0.337 e. The first-order valence-corrected chi connectivity index (χ1v) is 12.1. The monoisotopic (exact) mass is 521 g/mol. The van der Waals surface area contributed by atoms with Crippen LogP contribution in [0.5, 0.6) is 5.75 Å². The molecule has 0 bridgehead atoms. The van der Waals surface area contributed by atoms with Gasteiger partial charge in [-0.25, -0.2) is 9.18 Å². The third-order valence-corrected chi connectivity index (χ3v) is 6.18. The van der Waals surface area contributed by atoms with E-state index < -0.39 is 5.97 Å². The molecule has 11 heteroatoms. The van der Waals surface area contributed by atoms with E-state index in [2.05, 4.69) is 25.6 Å². The Morgan fingerprint density at radius 1 is 0.919 bits per heavy atom. The topological polar surface area (TPSA) is 107 Å². The number of amides is 1. The van der Waals surface area contributed by atoms with E-state index in [0.717, 1.165) is 11.4 Å². The van der Waals surface area contributed by atoms with E-state index in [1.54, 1.807) is 43.5 Å². The Morgan fingerprint density at radius 3 is 2.24 bits per heavy atom. The summed E-state index contributed by atoms with van der Waals surface area (Å²) in [5.74, 6) is 0.383. The summed E-state index contributed by atoms with van der Waals surface area (Å²) in [4.78, 5) is 24.2. The number of halogens is 1. The molecule has 4 rings (SSSR count). The fraction of sp³-hybridized carbons (Fsp3) is 0.154. The van der Waals surface area contributed by atoms with Gasteiger partial charge in [0.05, 0.1) is 32.1 Å². The largest absolute Gasteiger partial charge is 0.497 e. The Labute approximate surface area is 217 Å². The van der Waals surface area contributed by atoms with Crippen LogP contribution in [-0.4, -0.2) is 46.6 Å². The molecule has 0 spiro atoms. The zero-order valence-corrected chi connectivity index (χ0v) is 20.9. The molecule has 0 aliphatic rings. The fourth-order valence-corrected chi connectivity index (χ4v) is 4.15. The van der Waals surface area contributed by atoms with Gasteiger partial charge < -0.3 is 20.1 Å². The molecule has 0 radical (unpaired) electrons. The molecule has 37 heavy (non-hydrogen) atoms. The molecule has 3 aromatic carbocycles. The first-order chi connectivity index (χ1) is 18.0. The van der Waals surface area contributed by atoms with Crippen molar-refractivity contribution in [1.82, 2.24) is 14.8 Å². The summed E-state index contributed by atoms with van der Waals surface area (Å²) in [6, 6.07) is 19.8. The predicted octanol–water partition coefficient (Wildman–Crippen LogP) is 4.54. The third kappa shape index (κ3) is 6.64. The number of anilines is 2. The van der Waals surface area contributed by atoms with Crippen LogP contribution in [0.15, 0.2) is 78.0 Å². The number of benzene rings is 3. The number of thioether (sulfide) groups is 1. The summed E-state index contributed by atoms with van der Waals surface area (Å²) in [6.07, 6.45) is 0. The van der Waals surface area contributed by atoms with Gasteiger partial charge in [-0.3, -0.25) is 9.36 Å². The van der Waals surface area contributed by atoms with Gasteiger partial charge in [0.15, 0.2) is 11.0 Å². The Bertz CT molecular complexity index is 1360. The number of nitrogens with zero attached hydrogens (tertiary/aromatic N) is 3. The molecule has 0 atom stereocenters.